The maximum atomic E-state index is 13.1. The zero-order valence-electron chi connectivity index (χ0n) is 63.0. The maximum absolute atomic E-state index is 13.1. The van der Waals surface area contributed by atoms with Crippen molar-refractivity contribution >= 4 is 39.5 Å². The van der Waals surface area contributed by atoms with E-state index < -0.39 is 97.5 Å². The van der Waals surface area contributed by atoms with Gasteiger partial charge in [-0.2, -0.15) is 0 Å². The number of aliphatic hydroxyl groups excluding tert-OH is 1. The van der Waals surface area contributed by atoms with Gasteiger partial charge in [-0.3, -0.25) is 37.3 Å². The minimum absolute atomic E-state index is 0.104. The third kappa shape index (κ3) is 67.9. The molecule has 4 unspecified atom stereocenters. The Labute approximate surface area is 588 Å². The lowest BCUT2D eigenvalue weighted by Crippen LogP contribution is -2.30. The summed E-state index contributed by atoms with van der Waals surface area (Å²) in [6.45, 7) is 14.2. The van der Waals surface area contributed by atoms with Crippen LogP contribution in [0.5, 0.6) is 0 Å². The van der Waals surface area contributed by atoms with Crippen LogP contribution in [-0.4, -0.2) is 96.7 Å². The molecule has 0 heterocycles. The number of hydrogen-bond donors (Lipinski definition) is 3. The SMILES string of the molecule is CCC(C)CCCCCCCCCCCCCCCCCCCCC(=O)OC[C@H](COP(=O)(O)OC[C@@H](O)COP(=O)(O)OC[C@@H](COC(=O)CCCCCCCCC(C)CC)OC(=O)CCCCCCCCCCCCC(C)C)OC(=O)CCCCCCCCCCC(C)C. The molecule has 0 saturated heterocycles. The van der Waals surface area contributed by atoms with E-state index in [1.165, 1.54) is 186 Å². The van der Waals surface area contributed by atoms with Gasteiger partial charge in [0.1, 0.15) is 19.3 Å². The Kier molecular flexibility index (Phi) is 65.0. The highest BCUT2D eigenvalue weighted by atomic mass is 31.2. The Morgan fingerprint density at radius 3 is 0.740 bits per heavy atom. The van der Waals surface area contributed by atoms with Crippen molar-refractivity contribution in [3.63, 3.8) is 0 Å². The first-order chi connectivity index (χ1) is 46.2. The first kappa shape index (κ1) is 94.1. The second-order valence-electron chi connectivity index (χ2n) is 29.2. The molecule has 96 heavy (non-hydrogen) atoms. The van der Waals surface area contributed by atoms with E-state index in [0.717, 1.165) is 120 Å². The molecule has 0 amide bonds. The van der Waals surface area contributed by atoms with Gasteiger partial charge in [0, 0.05) is 25.7 Å². The molecular weight excluding hydrogens is 1260 g/mol. The van der Waals surface area contributed by atoms with Crippen LogP contribution in [-0.2, 0) is 65.4 Å². The molecule has 0 aromatic carbocycles. The molecule has 3 N–H and O–H groups in total. The van der Waals surface area contributed by atoms with Gasteiger partial charge in [-0.1, -0.05) is 338 Å². The summed E-state index contributed by atoms with van der Waals surface area (Å²) in [6.07, 6.45) is 51.5. The molecule has 0 saturated carbocycles. The molecule has 0 bridgehead atoms. The number of rotatable bonds is 74. The molecule has 0 aromatic rings. The fraction of sp³-hybridized carbons (Fsp3) is 0.948. The van der Waals surface area contributed by atoms with Gasteiger partial charge in [0.15, 0.2) is 12.2 Å². The van der Waals surface area contributed by atoms with E-state index in [1.807, 2.05) is 0 Å². The third-order valence-electron chi connectivity index (χ3n) is 18.5. The molecule has 0 aromatic heterocycles. The summed E-state index contributed by atoms with van der Waals surface area (Å²) >= 11 is 0. The molecular formula is C77H150O17P2. The van der Waals surface area contributed by atoms with Crippen molar-refractivity contribution in [3.05, 3.63) is 0 Å². The molecule has 0 rings (SSSR count). The lowest BCUT2D eigenvalue weighted by molar-refractivity contribution is -0.161. The fourth-order valence-corrected chi connectivity index (χ4v) is 13.2. The number of ether oxygens (including phenoxy) is 4. The minimum Gasteiger partial charge on any atom is -0.462 e. The maximum Gasteiger partial charge on any atom is 0.472 e. The zero-order valence-corrected chi connectivity index (χ0v) is 64.8. The first-order valence-electron chi connectivity index (χ1n) is 39.8. The van der Waals surface area contributed by atoms with Crippen LogP contribution in [0.15, 0.2) is 0 Å². The summed E-state index contributed by atoms with van der Waals surface area (Å²) in [4.78, 5) is 72.8. The predicted molar refractivity (Wildman–Crippen MR) is 391 cm³/mol. The number of unbranched alkanes of at least 4 members (excludes halogenated alkanes) is 38. The lowest BCUT2D eigenvalue weighted by atomic mass is 9.99. The van der Waals surface area contributed by atoms with Gasteiger partial charge in [-0.05, 0) is 49.4 Å². The van der Waals surface area contributed by atoms with E-state index in [2.05, 4.69) is 55.4 Å². The summed E-state index contributed by atoms with van der Waals surface area (Å²) in [5.41, 5.74) is 0. The van der Waals surface area contributed by atoms with Crippen LogP contribution in [0.3, 0.4) is 0 Å². The number of carbonyl (C=O) groups is 4. The molecule has 0 radical (unpaired) electrons. The van der Waals surface area contributed by atoms with Gasteiger partial charge in [0.05, 0.1) is 26.4 Å². The molecule has 0 aliphatic rings. The summed E-state index contributed by atoms with van der Waals surface area (Å²) in [6, 6.07) is 0. The standard InChI is InChI=1S/C77H150O17P2/c1-9-69(7)55-47-39-31-24-19-17-15-13-11-12-14-16-18-20-25-32-41-49-57-74(79)87-63-72(94-77(82)60-52-44-34-28-27-30-38-46-54-68(5)6)65-91-95(83,84)89-61-71(78)62-90-96(85,86)92-66-73(64-88-75(80)58-50-42-36-35-40-48-56-70(8)10-2)93-76(81)59-51-43-33-26-22-21-23-29-37-45-53-67(3)4/h67-73,78H,9-66H2,1-8H3,(H,83,84)(H,85,86)/t69?,70?,71-,72-,73-/m1/s1. The quantitative estimate of drug-likeness (QED) is 0.0222. The Morgan fingerprint density at radius 1 is 0.292 bits per heavy atom. The van der Waals surface area contributed by atoms with E-state index in [9.17, 15) is 43.2 Å². The Hall–Kier alpha value is -1.94. The van der Waals surface area contributed by atoms with E-state index in [-0.39, 0.29) is 25.7 Å². The minimum atomic E-state index is -4.96. The van der Waals surface area contributed by atoms with Crippen LogP contribution in [0.25, 0.3) is 0 Å². The average molecular weight is 1410 g/mol. The summed E-state index contributed by atoms with van der Waals surface area (Å²) in [7, 11) is -9.91. The molecule has 0 aliphatic heterocycles. The summed E-state index contributed by atoms with van der Waals surface area (Å²) in [5.74, 6) is 0.951. The van der Waals surface area contributed by atoms with E-state index in [1.54, 1.807) is 0 Å². The Morgan fingerprint density at radius 2 is 0.500 bits per heavy atom. The number of carbonyl (C=O) groups excluding carboxylic acids is 4. The van der Waals surface area contributed by atoms with Gasteiger partial charge >= 0.3 is 39.5 Å². The molecule has 0 aliphatic carbocycles. The van der Waals surface area contributed by atoms with Crippen LogP contribution in [0.1, 0.15) is 389 Å². The Bertz CT molecular complexity index is 1890. The highest BCUT2D eigenvalue weighted by molar-refractivity contribution is 7.47. The van der Waals surface area contributed by atoms with Gasteiger partial charge < -0.3 is 33.8 Å². The molecule has 0 spiro atoms. The smallest absolute Gasteiger partial charge is 0.462 e. The average Bonchev–Trinajstić information content (AvgIpc) is 1.56. The van der Waals surface area contributed by atoms with E-state index in [4.69, 9.17) is 37.0 Å². The van der Waals surface area contributed by atoms with Crippen molar-refractivity contribution in [2.45, 2.75) is 408 Å². The van der Waals surface area contributed by atoms with Crippen molar-refractivity contribution in [1.29, 1.82) is 0 Å². The second-order valence-corrected chi connectivity index (χ2v) is 32.1. The second kappa shape index (κ2) is 66.3. The largest absolute Gasteiger partial charge is 0.472 e. The third-order valence-corrected chi connectivity index (χ3v) is 20.4. The number of phosphoric ester groups is 2. The molecule has 0 fully saturated rings. The fourth-order valence-electron chi connectivity index (χ4n) is 11.7. The molecule has 17 nitrogen and oxygen atoms in total. The number of aliphatic hydroxyl groups is 1. The van der Waals surface area contributed by atoms with E-state index in [0.29, 0.717) is 25.7 Å². The number of phosphoric acid groups is 2. The summed E-state index contributed by atoms with van der Waals surface area (Å²) < 4.78 is 68.5. The van der Waals surface area contributed by atoms with Gasteiger partial charge in [-0.25, -0.2) is 9.13 Å². The topological polar surface area (TPSA) is 237 Å². The Balaban J connectivity index is 5.15. The number of hydrogen-bond acceptors (Lipinski definition) is 15. The molecule has 7 atom stereocenters. The van der Waals surface area contributed by atoms with Gasteiger partial charge in [0.2, 0.25) is 0 Å². The lowest BCUT2D eigenvalue weighted by Gasteiger charge is -2.21. The first-order valence-corrected chi connectivity index (χ1v) is 42.8. The van der Waals surface area contributed by atoms with Crippen LogP contribution < -0.4 is 0 Å². The zero-order chi connectivity index (χ0) is 71.0. The number of esters is 4. The van der Waals surface area contributed by atoms with Crippen molar-refractivity contribution in [1.82, 2.24) is 0 Å². The van der Waals surface area contributed by atoms with Crippen LogP contribution in [0.2, 0.25) is 0 Å². The summed E-state index contributed by atoms with van der Waals surface area (Å²) in [5, 5.41) is 10.6. The van der Waals surface area contributed by atoms with Crippen molar-refractivity contribution in [2.75, 3.05) is 39.6 Å². The van der Waals surface area contributed by atoms with Gasteiger partial charge in [0.25, 0.3) is 0 Å². The van der Waals surface area contributed by atoms with Gasteiger partial charge in [-0.15, -0.1) is 0 Å². The van der Waals surface area contributed by atoms with Crippen LogP contribution in [0, 0.1) is 23.7 Å². The molecule has 19 heteroatoms. The van der Waals surface area contributed by atoms with Crippen LogP contribution >= 0.6 is 15.6 Å². The normalized spacial score (nSPS) is 14.7. The predicted octanol–water partition coefficient (Wildman–Crippen LogP) is 22.4. The molecule has 570 valence electrons. The van der Waals surface area contributed by atoms with Crippen molar-refractivity contribution in [3.8, 4) is 0 Å². The van der Waals surface area contributed by atoms with Crippen molar-refractivity contribution in [2.24, 2.45) is 23.7 Å². The highest BCUT2D eigenvalue weighted by Crippen LogP contribution is 2.45. The van der Waals surface area contributed by atoms with Crippen LogP contribution in [0.4, 0.5) is 0 Å². The van der Waals surface area contributed by atoms with Crippen molar-refractivity contribution < 1.29 is 80.2 Å². The van der Waals surface area contributed by atoms with E-state index >= 15 is 0 Å². The monoisotopic (exact) mass is 1410 g/mol. The highest BCUT2D eigenvalue weighted by Gasteiger charge is 2.30.